The third-order valence-electron chi connectivity index (χ3n) is 4.98. The van der Waals surface area contributed by atoms with Crippen molar-refractivity contribution in [1.82, 2.24) is 15.2 Å². The predicted molar refractivity (Wildman–Crippen MR) is 104 cm³/mol. The minimum absolute atomic E-state index is 0.0250. The zero-order chi connectivity index (χ0) is 19.2. The Balaban J connectivity index is 1.58. The van der Waals surface area contributed by atoms with Crippen LogP contribution in [0.1, 0.15) is 47.3 Å². The van der Waals surface area contributed by atoms with Gasteiger partial charge in [-0.1, -0.05) is 30.3 Å². The van der Waals surface area contributed by atoms with Crippen molar-refractivity contribution in [2.45, 2.75) is 50.9 Å². The lowest BCUT2D eigenvalue weighted by atomic mass is 9.93. The van der Waals surface area contributed by atoms with Crippen molar-refractivity contribution < 1.29 is 9.90 Å². The van der Waals surface area contributed by atoms with Gasteiger partial charge >= 0.3 is 0 Å². The number of nitrogens with one attached hydrogen (secondary N) is 2. The molecule has 0 atom stereocenters. The molecule has 1 aliphatic carbocycles. The Bertz CT molecular complexity index is 811. The first-order chi connectivity index (χ1) is 13.0. The van der Waals surface area contributed by atoms with Crippen LogP contribution in [-0.4, -0.2) is 40.1 Å². The number of aromatic nitrogens is 1. The Kier molecular flexibility index (Phi) is 6.42. The molecular formula is C21H27N3O3. The highest BCUT2D eigenvalue weighted by Gasteiger charge is 2.22. The molecule has 27 heavy (non-hydrogen) atoms. The summed E-state index contributed by atoms with van der Waals surface area (Å²) in [6.07, 6.45) is 2.59. The van der Waals surface area contributed by atoms with Gasteiger partial charge in [0.2, 0.25) is 0 Å². The predicted octanol–water partition coefficient (Wildman–Crippen LogP) is 2.04. The number of carbonyl (C=O) groups excluding carboxylic acids is 1. The Morgan fingerprint density at radius 3 is 2.48 bits per heavy atom. The minimum atomic E-state index is -0.367. The molecule has 0 aliphatic heterocycles. The molecule has 3 N–H and O–H groups in total. The molecule has 1 amide bonds. The highest BCUT2D eigenvalue weighted by atomic mass is 16.3. The summed E-state index contributed by atoms with van der Waals surface area (Å²) in [5.74, 6) is -0.346. The van der Waals surface area contributed by atoms with Crippen molar-refractivity contribution in [1.29, 1.82) is 0 Å². The van der Waals surface area contributed by atoms with E-state index in [9.17, 15) is 14.7 Å². The molecule has 3 rings (SSSR count). The van der Waals surface area contributed by atoms with E-state index in [1.54, 1.807) is 12.1 Å². The van der Waals surface area contributed by atoms with Gasteiger partial charge in [-0.25, -0.2) is 0 Å². The highest BCUT2D eigenvalue weighted by molar-refractivity contribution is 5.94. The Hall–Kier alpha value is -2.44. The van der Waals surface area contributed by atoms with Crippen LogP contribution in [0.2, 0.25) is 0 Å². The minimum Gasteiger partial charge on any atom is -0.393 e. The van der Waals surface area contributed by atoms with Crippen LogP contribution in [0.4, 0.5) is 0 Å². The number of hydrogen-bond acceptors (Lipinski definition) is 4. The Morgan fingerprint density at radius 2 is 1.81 bits per heavy atom. The second-order valence-corrected chi connectivity index (χ2v) is 7.36. The fraction of sp³-hybridized carbons (Fsp3) is 0.429. The van der Waals surface area contributed by atoms with Crippen LogP contribution in [0, 0.1) is 0 Å². The molecule has 144 valence electrons. The van der Waals surface area contributed by atoms with E-state index in [2.05, 4.69) is 27.3 Å². The molecular weight excluding hydrogens is 342 g/mol. The monoisotopic (exact) mass is 369 g/mol. The Morgan fingerprint density at radius 1 is 1.11 bits per heavy atom. The largest absolute Gasteiger partial charge is 0.393 e. The van der Waals surface area contributed by atoms with Gasteiger partial charge in [-0.2, -0.15) is 0 Å². The summed E-state index contributed by atoms with van der Waals surface area (Å²) in [7, 11) is 1.99. The maximum Gasteiger partial charge on any atom is 0.261 e. The molecule has 1 saturated carbocycles. The maximum atomic E-state index is 12.4. The topological polar surface area (TPSA) is 85.4 Å². The third kappa shape index (κ3) is 5.52. The van der Waals surface area contributed by atoms with E-state index in [-0.39, 0.29) is 29.2 Å². The first kappa shape index (κ1) is 19.3. The standard InChI is InChI=1S/C21H27N3O3/c1-24(13-15-5-3-2-4-6-15)14-17-9-12-19(21(27)23-17)20(26)22-16-7-10-18(25)11-8-16/h2-6,9,12,16,18,25H,7-8,10-11,13-14H2,1H3,(H,22,26)(H,23,27). The van der Waals surface area contributed by atoms with Gasteiger partial charge in [0.25, 0.3) is 11.5 Å². The molecule has 1 aromatic heterocycles. The zero-order valence-corrected chi connectivity index (χ0v) is 15.6. The number of amides is 1. The SMILES string of the molecule is CN(Cc1ccccc1)Cc1ccc(C(=O)NC2CCC(O)CC2)c(=O)[nH]1. The van der Waals surface area contributed by atoms with Crippen molar-refractivity contribution in [3.63, 3.8) is 0 Å². The van der Waals surface area contributed by atoms with Crippen molar-refractivity contribution in [2.75, 3.05) is 7.05 Å². The van der Waals surface area contributed by atoms with E-state index in [1.807, 2.05) is 25.2 Å². The number of hydrogen-bond donors (Lipinski definition) is 3. The summed E-state index contributed by atoms with van der Waals surface area (Å²) in [5, 5.41) is 12.5. The average Bonchev–Trinajstić information content (AvgIpc) is 2.64. The van der Waals surface area contributed by atoms with E-state index in [0.29, 0.717) is 19.4 Å². The van der Waals surface area contributed by atoms with E-state index < -0.39 is 0 Å². The summed E-state index contributed by atoms with van der Waals surface area (Å²) < 4.78 is 0. The van der Waals surface area contributed by atoms with E-state index in [1.165, 1.54) is 5.56 Å². The number of benzene rings is 1. The molecule has 6 nitrogen and oxygen atoms in total. The summed E-state index contributed by atoms with van der Waals surface area (Å²) in [6, 6.07) is 13.5. The third-order valence-corrected chi connectivity index (χ3v) is 4.98. The normalized spacial score (nSPS) is 19.8. The molecule has 1 heterocycles. The van der Waals surface area contributed by atoms with Gasteiger partial charge < -0.3 is 15.4 Å². The number of aliphatic hydroxyl groups is 1. The molecule has 1 fully saturated rings. The molecule has 0 saturated heterocycles. The van der Waals surface area contributed by atoms with Crippen LogP contribution in [-0.2, 0) is 13.1 Å². The fourth-order valence-corrected chi connectivity index (χ4v) is 3.51. The first-order valence-corrected chi connectivity index (χ1v) is 9.45. The van der Waals surface area contributed by atoms with Gasteiger partial charge in [0.05, 0.1) is 6.10 Å². The van der Waals surface area contributed by atoms with Crippen LogP contribution >= 0.6 is 0 Å². The number of aromatic amines is 1. The number of pyridine rings is 1. The lowest BCUT2D eigenvalue weighted by molar-refractivity contribution is 0.0866. The second-order valence-electron chi connectivity index (χ2n) is 7.36. The lowest BCUT2D eigenvalue weighted by Gasteiger charge is -2.26. The summed E-state index contributed by atoms with van der Waals surface area (Å²) in [5.41, 5.74) is 1.75. The van der Waals surface area contributed by atoms with Crippen molar-refractivity contribution in [3.8, 4) is 0 Å². The molecule has 0 radical (unpaired) electrons. The fourth-order valence-electron chi connectivity index (χ4n) is 3.51. The first-order valence-electron chi connectivity index (χ1n) is 9.45. The average molecular weight is 369 g/mol. The quantitative estimate of drug-likeness (QED) is 0.727. The second kappa shape index (κ2) is 8.97. The van der Waals surface area contributed by atoms with Crippen LogP contribution in [0.5, 0.6) is 0 Å². The van der Waals surface area contributed by atoms with Gasteiger partial charge in [-0.3, -0.25) is 14.5 Å². The number of H-pyrrole nitrogens is 1. The number of carbonyl (C=O) groups is 1. The summed E-state index contributed by atoms with van der Waals surface area (Å²) >= 11 is 0. The summed E-state index contributed by atoms with van der Waals surface area (Å²) in [4.78, 5) is 29.7. The number of rotatable bonds is 6. The van der Waals surface area contributed by atoms with E-state index >= 15 is 0 Å². The van der Waals surface area contributed by atoms with E-state index in [4.69, 9.17) is 0 Å². The van der Waals surface area contributed by atoms with Crippen LogP contribution in [0.3, 0.4) is 0 Å². The molecule has 0 unspecified atom stereocenters. The molecule has 0 bridgehead atoms. The van der Waals surface area contributed by atoms with E-state index in [0.717, 1.165) is 25.1 Å². The van der Waals surface area contributed by atoms with Crippen LogP contribution < -0.4 is 10.9 Å². The molecule has 2 aromatic rings. The number of aliphatic hydroxyl groups excluding tert-OH is 1. The van der Waals surface area contributed by atoms with Crippen LogP contribution in [0.15, 0.2) is 47.3 Å². The van der Waals surface area contributed by atoms with Gasteiger partial charge in [0, 0.05) is 24.8 Å². The highest BCUT2D eigenvalue weighted by Crippen LogP contribution is 2.18. The van der Waals surface area contributed by atoms with Gasteiger partial charge in [0.1, 0.15) is 5.56 Å². The number of nitrogens with zero attached hydrogens (tertiary/aromatic N) is 1. The van der Waals surface area contributed by atoms with Gasteiger partial charge in [-0.15, -0.1) is 0 Å². The van der Waals surface area contributed by atoms with Crippen molar-refractivity contribution >= 4 is 5.91 Å². The maximum absolute atomic E-state index is 12.4. The zero-order valence-electron chi connectivity index (χ0n) is 15.6. The smallest absolute Gasteiger partial charge is 0.261 e. The van der Waals surface area contributed by atoms with Gasteiger partial charge in [0.15, 0.2) is 0 Å². The Labute approximate surface area is 159 Å². The van der Waals surface area contributed by atoms with Crippen LogP contribution in [0.25, 0.3) is 0 Å². The molecule has 0 spiro atoms. The summed E-state index contributed by atoms with van der Waals surface area (Å²) in [6.45, 7) is 1.37. The molecule has 1 aromatic carbocycles. The van der Waals surface area contributed by atoms with Gasteiger partial charge in [-0.05, 0) is 50.4 Å². The molecule has 1 aliphatic rings. The van der Waals surface area contributed by atoms with Crippen molar-refractivity contribution in [2.24, 2.45) is 0 Å². The molecule has 6 heteroatoms. The van der Waals surface area contributed by atoms with Crippen molar-refractivity contribution in [3.05, 3.63) is 69.6 Å². The lowest BCUT2D eigenvalue weighted by Crippen LogP contribution is -2.40.